The van der Waals surface area contributed by atoms with Gasteiger partial charge >= 0.3 is 5.97 Å². The number of aromatic nitrogens is 2. The second-order valence-electron chi connectivity index (χ2n) is 3.33. The van der Waals surface area contributed by atoms with Gasteiger partial charge in [-0.2, -0.15) is 0 Å². The number of methoxy groups -OCH3 is 1. The van der Waals surface area contributed by atoms with Crippen molar-refractivity contribution in [3.05, 3.63) is 30.0 Å². The van der Waals surface area contributed by atoms with Crippen molar-refractivity contribution in [2.45, 2.75) is 6.42 Å². The normalized spacial score (nSPS) is 10.2. The van der Waals surface area contributed by atoms with Gasteiger partial charge in [-0.05, 0) is 17.3 Å². The van der Waals surface area contributed by atoms with Crippen LogP contribution in [0.15, 0.2) is 28.9 Å². The standard InChI is InChI=1S/C11H10N2O4/c1-16-9-5-3-2-4-7(9)11-8(6-10(14)15)12-17-13-11/h2-5H,6H2,1H3,(H,14,15). The highest BCUT2D eigenvalue weighted by Crippen LogP contribution is 2.30. The Kier molecular flexibility index (Phi) is 3.04. The van der Waals surface area contributed by atoms with Crippen molar-refractivity contribution in [2.24, 2.45) is 0 Å². The molecule has 2 rings (SSSR count). The summed E-state index contributed by atoms with van der Waals surface area (Å²) >= 11 is 0. The van der Waals surface area contributed by atoms with Crippen LogP contribution in [0.3, 0.4) is 0 Å². The number of benzene rings is 1. The SMILES string of the molecule is COc1ccccc1-c1nonc1CC(=O)O. The van der Waals surface area contributed by atoms with E-state index in [0.717, 1.165) is 0 Å². The molecule has 0 aliphatic rings. The van der Waals surface area contributed by atoms with Crippen molar-refractivity contribution < 1.29 is 19.3 Å². The Morgan fingerprint density at radius 1 is 1.41 bits per heavy atom. The summed E-state index contributed by atoms with van der Waals surface area (Å²) in [5, 5.41) is 16.0. The van der Waals surface area contributed by atoms with Crippen LogP contribution in [0.1, 0.15) is 5.69 Å². The molecule has 0 spiro atoms. The Morgan fingerprint density at radius 3 is 2.88 bits per heavy atom. The molecule has 0 bridgehead atoms. The first-order valence-corrected chi connectivity index (χ1v) is 4.89. The van der Waals surface area contributed by atoms with Gasteiger partial charge in [-0.3, -0.25) is 4.79 Å². The summed E-state index contributed by atoms with van der Waals surface area (Å²) in [6.07, 6.45) is -0.239. The Balaban J connectivity index is 2.46. The third-order valence-electron chi connectivity index (χ3n) is 2.24. The van der Waals surface area contributed by atoms with E-state index in [-0.39, 0.29) is 12.1 Å². The minimum atomic E-state index is -0.989. The van der Waals surface area contributed by atoms with Gasteiger partial charge in [0.05, 0.1) is 13.5 Å². The number of ether oxygens (including phenoxy) is 1. The molecular formula is C11H10N2O4. The van der Waals surface area contributed by atoms with Crippen molar-refractivity contribution in [2.75, 3.05) is 7.11 Å². The Labute approximate surface area is 96.8 Å². The second kappa shape index (κ2) is 4.65. The van der Waals surface area contributed by atoms with Crippen LogP contribution in [0, 0.1) is 0 Å². The lowest BCUT2D eigenvalue weighted by Crippen LogP contribution is -2.02. The molecule has 88 valence electrons. The molecule has 0 saturated carbocycles. The molecule has 6 heteroatoms. The van der Waals surface area contributed by atoms with E-state index < -0.39 is 5.97 Å². The van der Waals surface area contributed by atoms with Crippen molar-refractivity contribution >= 4 is 5.97 Å². The minimum Gasteiger partial charge on any atom is -0.496 e. The molecule has 2 aromatic rings. The van der Waals surface area contributed by atoms with Crippen LogP contribution in [0.2, 0.25) is 0 Å². The van der Waals surface area contributed by atoms with Crippen molar-refractivity contribution in [3.63, 3.8) is 0 Å². The highest BCUT2D eigenvalue weighted by atomic mass is 16.6. The fourth-order valence-corrected chi connectivity index (χ4v) is 1.51. The molecule has 1 heterocycles. The maximum atomic E-state index is 10.7. The first-order valence-electron chi connectivity index (χ1n) is 4.89. The van der Waals surface area contributed by atoms with Gasteiger partial charge in [0.15, 0.2) is 0 Å². The van der Waals surface area contributed by atoms with Crippen LogP contribution in [0.5, 0.6) is 5.75 Å². The smallest absolute Gasteiger partial charge is 0.309 e. The van der Waals surface area contributed by atoms with Crippen LogP contribution in [-0.4, -0.2) is 28.5 Å². The first-order chi connectivity index (χ1) is 8.22. The van der Waals surface area contributed by atoms with Gasteiger partial charge in [-0.1, -0.05) is 17.3 Å². The molecule has 17 heavy (non-hydrogen) atoms. The summed E-state index contributed by atoms with van der Waals surface area (Å²) in [5.74, 6) is -0.397. The van der Waals surface area contributed by atoms with E-state index in [4.69, 9.17) is 9.84 Å². The van der Waals surface area contributed by atoms with Gasteiger partial charge in [-0.15, -0.1) is 0 Å². The fraction of sp³-hybridized carbons (Fsp3) is 0.182. The third kappa shape index (κ3) is 2.25. The summed E-state index contributed by atoms with van der Waals surface area (Å²) in [6.45, 7) is 0. The van der Waals surface area contributed by atoms with Crippen molar-refractivity contribution in [1.82, 2.24) is 10.3 Å². The molecule has 1 N–H and O–H groups in total. The number of hydrogen-bond acceptors (Lipinski definition) is 5. The number of aliphatic carboxylic acids is 1. The Morgan fingerprint density at radius 2 is 2.18 bits per heavy atom. The number of carbonyl (C=O) groups is 1. The average molecular weight is 234 g/mol. The molecule has 1 aromatic carbocycles. The summed E-state index contributed by atoms with van der Waals surface area (Å²) in [7, 11) is 1.53. The van der Waals surface area contributed by atoms with E-state index in [1.54, 1.807) is 18.2 Å². The lowest BCUT2D eigenvalue weighted by molar-refractivity contribution is -0.136. The highest BCUT2D eigenvalue weighted by molar-refractivity contribution is 5.75. The number of rotatable bonds is 4. The van der Waals surface area contributed by atoms with Crippen LogP contribution in [0.4, 0.5) is 0 Å². The van der Waals surface area contributed by atoms with Crippen molar-refractivity contribution in [3.8, 4) is 17.0 Å². The van der Waals surface area contributed by atoms with Gasteiger partial charge < -0.3 is 9.84 Å². The van der Waals surface area contributed by atoms with Crippen LogP contribution >= 0.6 is 0 Å². The molecule has 0 aliphatic heterocycles. The number of para-hydroxylation sites is 1. The summed E-state index contributed by atoms with van der Waals surface area (Å²) in [5.41, 5.74) is 1.33. The Bertz CT molecular complexity index is 536. The maximum Gasteiger partial charge on any atom is 0.309 e. The van der Waals surface area contributed by atoms with Gasteiger partial charge in [0.2, 0.25) is 0 Å². The van der Waals surface area contributed by atoms with Crippen LogP contribution in [-0.2, 0) is 11.2 Å². The summed E-state index contributed by atoms with van der Waals surface area (Å²) < 4.78 is 9.75. The van der Waals surface area contributed by atoms with E-state index in [9.17, 15) is 4.79 Å². The van der Waals surface area contributed by atoms with Gasteiger partial charge in [0, 0.05) is 5.56 Å². The number of hydrogen-bond donors (Lipinski definition) is 1. The van der Waals surface area contributed by atoms with E-state index in [0.29, 0.717) is 17.0 Å². The average Bonchev–Trinajstić information content (AvgIpc) is 2.76. The highest BCUT2D eigenvalue weighted by Gasteiger charge is 2.17. The predicted octanol–water partition coefficient (Wildman–Crippen LogP) is 1.37. The van der Waals surface area contributed by atoms with Gasteiger partial charge in [0.25, 0.3) is 0 Å². The molecule has 0 unspecified atom stereocenters. The first kappa shape index (κ1) is 11.1. The molecular weight excluding hydrogens is 224 g/mol. The number of carboxylic acids is 1. The molecule has 0 fully saturated rings. The number of carboxylic acid groups (broad SMARTS) is 1. The molecule has 0 amide bonds. The largest absolute Gasteiger partial charge is 0.496 e. The van der Waals surface area contributed by atoms with Gasteiger partial charge in [0.1, 0.15) is 17.1 Å². The zero-order valence-corrected chi connectivity index (χ0v) is 9.08. The lowest BCUT2D eigenvalue weighted by atomic mass is 10.1. The zero-order chi connectivity index (χ0) is 12.3. The fourth-order valence-electron chi connectivity index (χ4n) is 1.51. The number of nitrogens with zero attached hydrogens (tertiary/aromatic N) is 2. The molecule has 0 radical (unpaired) electrons. The lowest BCUT2D eigenvalue weighted by Gasteiger charge is -2.05. The minimum absolute atomic E-state index is 0.239. The second-order valence-corrected chi connectivity index (χ2v) is 3.33. The van der Waals surface area contributed by atoms with Crippen molar-refractivity contribution in [1.29, 1.82) is 0 Å². The monoisotopic (exact) mass is 234 g/mol. The molecule has 6 nitrogen and oxygen atoms in total. The van der Waals surface area contributed by atoms with Gasteiger partial charge in [-0.25, -0.2) is 4.63 Å². The molecule has 0 saturated heterocycles. The topological polar surface area (TPSA) is 85.5 Å². The predicted molar refractivity (Wildman–Crippen MR) is 57.6 cm³/mol. The van der Waals surface area contributed by atoms with E-state index >= 15 is 0 Å². The van der Waals surface area contributed by atoms with Crippen LogP contribution in [0.25, 0.3) is 11.3 Å². The molecule has 1 aromatic heterocycles. The molecule has 0 atom stereocenters. The summed E-state index contributed by atoms with van der Waals surface area (Å²) in [4.78, 5) is 10.7. The van der Waals surface area contributed by atoms with E-state index in [1.807, 2.05) is 6.07 Å². The third-order valence-corrected chi connectivity index (χ3v) is 2.24. The molecule has 0 aliphatic carbocycles. The summed E-state index contributed by atoms with van der Waals surface area (Å²) in [6, 6.07) is 7.14. The zero-order valence-electron chi connectivity index (χ0n) is 9.08. The van der Waals surface area contributed by atoms with E-state index in [1.165, 1.54) is 7.11 Å². The van der Waals surface area contributed by atoms with Crippen LogP contribution < -0.4 is 4.74 Å². The maximum absolute atomic E-state index is 10.7. The van der Waals surface area contributed by atoms with E-state index in [2.05, 4.69) is 14.9 Å². The Hall–Kier alpha value is -2.37. The quantitative estimate of drug-likeness (QED) is 0.859.